The van der Waals surface area contributed by atoms with E-state index < -0.39 is 0 Å². The number of ether oxygens (including phenoxy) is 3. The van der Waals surface area contributed by atoms with Crippen molar-refractivity contribution in [2.24, 2.45) is 7.05 Å². The van der Waals surface area contributed by atoms with Gasteiger partial charge in [-0.2, -0.15) is 10.2 Å². The van der Waals surface area contributed by atoms with Gasteiger partial charge >= 0.3 is 6.09 Å². The van der Waals surface area contributed by atoms with Crippen molar-refractivity contribution in [3.63, 3.8) is 0 Å². The van der Waals surface area contributed by atoms with E-state index in [1.165, 1.54) is 0 Å². The Morgan fingerprint density at radius 3 is 3.00 bits per heavy atom. The van der Waals surface area contributed by atoms with Crippen LogP contribution in [0.15, 0.2) is 18.3 Å². The zero-order valence-corrected chi connectivity index (χ0v) is 20.7. The largest absolute Gasteiger partial charge is 0.446 e. The van der Waals surface area contributed by atoms with Gasteiger partial charge in [-0.15, -0.1) is 0 Å². The predicted molar refractivity (Wildman–Crippen MR) is 132 cm³/mol. The van der Waals surface area contributed by atoms with Gasteiger partial charge in [0.05, 0.1) is 25.0 Å². The zero-order chi connectivity index (χ0) is 24.7. The molecule has 4 heterocycles. The van der Waals surface area contributed by atoms with Crippen LogP contribution in [-0.4, -0.2) is 62.0 Å². The fourth-order valence-corrected chi connectivity index (χ4v) is 5.14. The third-order valence-corrected chi connectivity index (χ3v) is 7.52. The van der Waals surface area contributed by atoms with Gasteiger partial charge in [0.1, 0.15) is 11.6 Å². The molecule has 1 saturated heterocycles. The first kappa shape index (κ1) is 23.2. The normalized spacial score (nSPS) is 24.8. The second kappa shape index (κ2) is 9.36. The van der Waals surface area contributed by atoms with Gasteiger partial charge in [0.2, 0.25) is 0 Å². The van der Waals surface area contributed by atoms with Crippen molar-refractivity contribution in [2.75, 3.05) is 18.5 Å². The van der Waals surface area contributed by atoms with E-state index in [0.717, 1.165) is 67.4 Å². The first-order chi connectivity index (χ1) is 17.5. The van der Waals surface area contributed by atoms with Crippen LogP contribution in [0.1, 0.15) is 62.8 Å². The summed E-state index contributed by atoms with van der Waals surface area (Å²) < 4.78 is 18.9. The molecule has 1 unspecified atom stereocenters. The number of pyridine rings is 1. The van der Waals surface area contributed by atoms with E-state index in [1.807, 2.05) is 30.8 Å². The van der Waals surface area contributed by atoms with Crippen LogP contribution in [0.3, 0.4) is 0 Å². The van der Waals surface area contributed by atoms with Crippen LogP contribution in [-0.2, 0) is 27.9 Å². The summed E-state index contributed by atoms with van der Waals surface area (Å²) in [7, 11) is 1.91. The van der Waals surface area contributed by atoms with Gasteiger partial charge in [-0.1, -0.05) is 0 Å². The predicted octanol–water partition coefficient (Wildman–Crippen LogP) is 3.66. The van der Waals surface area contributed by atoms with E-state index >= 15 is 0 Å². The molecule has 3 aromatic heterocycles. The van der Waals surface area contributed by atoms with Gasteiger partial charge in [0.15, 0.2) is 11.6 Å². The molecule has 0 radical (unpaired) electrons. The molecule has 11 nitrogen and oxygen atoms in total. The lowest BCUT2D eigenvalue weighted by atomic mass is 10.0. The number of amides is 1. The maximum atomic E-state index is 12.2. The number of nitrogens with one attached hydrogen (secondary N) is 3. The Kier molecular flexibility index (Phi) is 6.04. The van der Waals surface area contributed by atoms with Crippen molar-refractivity contribution in [3.05, 3.63) is 29.7 Å². The van der Waals surface area contributed by atoms with Crippen LogP contribution in [0.25, 0.3) is 10.9 Å². The summed E-state index contributed by atoms with van der Waals surface area (Å²) in [6.07, 6.45) is 7.07. The molecule has 0 bridgehead atoms. The molecule has 1 amide bonds. The lowest BCUT2D eigenvalue weighted by Gasteiger charge is -2.16. The molecule has 0 aromatic carbocycles. The summed E-state index contributed by atoms with van der Waals surface area (Å²) in [5.74, 6) is 1.65. The maximum Gasteiger partial charge on any atom is 0.407 e. The molecule has 3 atom stereocenters. The first-order valence-electron chi connectivity index (χ1n) is 12.8. The van der Waals surface area contributed by atoms with Gasteiger partial charge in [-0.3, -0.25) is 9.78 Å². The molecule has 3 N–H and O–H groups in total. The molecule has 1 aliphatic heterocycles. The first-order valence-corrected chi connectivity index (χ1v) is 12.8. The van der Waals surface area contributed by atoms with E-state index in [-0.39, 0.29) is 29.8 Å². The molecular weight excluding hydrogens is 462 g/mol. The number of rotatable bonds is 8. The minimum absolute atomic E-state index is 0.0670. The van der Waals surface area contributed by atoms with E-state index in [2.05, 4.69) is 30.9 Å². The summed E-state index contributed by atoms with van der Waals surface area (Å²) in [6.45, 7) is 3.87. The van der Waals surface area contributed by atoms with Gasteiger partial charge in [-0.05, 0) is 51.5 Å². The Morgan fingerprint density at radius 1 is 1.31 bits per heavy atom. The number of alkyl carbamates (subject to hydrolysis) is 1. The number of carbonyl (C=O) groups is 1. The maximum absolute atomic E-state index is 12.2. The molecule has 6 rings (SSSR count). The second-order valence-electron chi connectivity index (χ2n) is 10.5. The average molecular weight is 496 g/mol. The molecule has 3 aromatic rings. The Morgan fingerprint density at radius 2 is 2.19 bits per heavy atom. The van der Waals surface area contributed by atoms with Gasteiger partial charge < -0.3 is 24.8 Å². The minimum Gasteiger partial charge on any atom is -0.446 e. The SMILES string of the molecule is Cn1nc(COC2CCOC2)c2ccnc(Nc3cc([C@H]4CC[C@@H](OC(=O)NC5(C)CC5)C4)[nH]n3)c21. The summed E-state index contributed by atoms with van der Waals surface area (Å²) in [4.78, 5) is 16.7. The van der Waals surface area contributed by atoms with E-state index in [4.69, 9.17) is 14.2 Å². The van der Waals surface area contributed by atoms with Crippen LogP contribution < -0.4 is 10.6 Å². The van der Waals surface area contributed by atoms with Crippen LogP contribution >= 0.6 is 0 Å². The molecule has 2 aliphatic carbocycles. The topological polar surface area (TPSA) is 128 Å². The van der Waals surface area contributed by atoms with Crippen molar-refractivity contribution >= 4 is 28.6 Å². The smallest absolute Gasteiger partial charge is 0.407 e. The quantitative estimate of drug-likeness (QED) is 0.432. The van der Waals surface area contributed by atoms with E-state index in [9.17, 15) is 4.79 Å². The third kappa shape index (κ3) is 4.90. The molecule has 0 spiro atoms. The van der Waals surface area contributed by atoms with Crippen LogP contribution in [0.4, 0.5) is 16.4 Å². The number of aryl methyl sites for hydroxylation is 1. The molecule has 2 saturated carbocycles. The highest BCUT2D eigenvalue weighted by Gasteiger charge is 2.40. The number of anilines is 2. The van der Waals surface area contributed by atoms with Crippen molar-refractivity contribution < 1.29 is 19.0 Å². The van der Waals surface area contributed by atoms with Crippen molar-refractivity contribution in [1.29, 1.82) is 0 Å². The number of hydrogen-bond donors (Lipinski definition) is 3. The van der Waals surface area contributed by atoms with Crippen LogP contribution in [0, 0.1) is 0 Å². The lowest BCUT2D eigenvalue weighted by Crippen LogP contribution is -2.36. The lowest BCUT2D eigenvalue weighted by molar-refractivity contribution is 0.0304. The Labute approximate surface area is 209 Å². The number of carbonyl (C=O) groups excluding carboxylic acids is 1. The van der Waals surface area contributed by atoms with E-state index in [0.29, 0.717) is 24.8 Å². The van der Waals surface area contributed by atoms with Crippen LogP contribution in [0.5, 0.6) is 0 Å². The fourth-order valence-electron chi connectivity index (χ4n) is 5.14. The highest BCUT2D eigenvalue weighted by Crippen LogP contribution is 2.38. The Hall–Kier alpha value is -3.18. The number of H-pyrrole nitrogens is 1. The van der Waals surface area contributed by atoms with Crippen molar-refractivity contribution in [1.82, 2.24) is 30.3 Å². The van der Waals surface area contributed by atoms with E-state index in [1.54, 1.807) is 6.20 Å². The molecule has 3 aliphatic rings. The summed E-state index contributed by atoms with van der Waals surface area (Å²) in [6, 6.07) is 3.98. The number of nitrogens with zero attached hydrogens (tertiary/aromatic N) is 4. The molecule has 192 valence electrons. The molecular formula is C25H33N7O4. The zero-order valence-electron chi connectivity index (χ0n) is 20.7. The Bertz CT molecular complexity index is 1240. The van der Waals surface area contributed by atoms with Crippen molar-refractivity contribution in [3.8, 4) is 0 Å². The van der Waals surface area contributed by atoms with Gasteiger partial charge in [0.25, 0.3) is 0 Å². The standard InChI is InChI=1S/C25H33N7O4/c1-25(7-8-25)28-24(33)36-16-4-3-15(11-16)19-12-21(30-29-19)27-23-22-18(5-9-26-23)20(31-32(22)2)14-35-17-6-10-34-13-17/h5,9,12,15-17H,3-4,6-8,10-11,13-14H2,1-2H3,(H,28,33)(H2,26,27,29,30)/t15-,16+,17?/m0/s1. The molecule has 36 heavy (non-hydrogen) atoms. The molecule has 3 fully saturated rings. The number of aromatic nitrogens is 5. The number of fused-ring (bicyclic) bond motifs is 1. The summed E-state index contributed by atoms with van der Waals surface area (Å²) >= 11 is 0. The minimum atomic E-state index is -0.302. The monoisotopic (exact) mass is 495 g/mol. The average Bonchev–Trinajstić information content (AvgIpc) is 3.40. The third-order valence-electron chi connectivity index (χ3n) is 7.52. The molecule has 11 heteroatoms. The summed E-state index contributed by atoms with van der Waals surface area (Å²) in [5, 5.41) is 19.6. The van der Waals surface area contributed by atoms with Gasteiger partial charge in [-0.25, -0.2) is 9.78 Å². The highest BCUT2D eigenvalue weighted by atomic mass is 16.6. The summed E-state index contributed by atoms with van der Waals surface area (Å²) in [5.41, 5.74) is 2.74. The van der Waals surface area contributed by atoms with Gasteiger partial charge in [0, 0.05) is 48.5 Å². The van der Waals surface area contributed by atoms with Crippen molar-refractivity contribution in [2.45, 2.75) is 75.7 Å². The number of aromatic amines is 1. The van der Waals surface area contributed by atoms with Crippen LogP contribution in [0.2, 0.25) is 0 Å². The highest BCUT2D eigenvalue weighted by molar-refractivity contribution is 5.91. The number of hydrogen-bond acceptors (Lipinski definition) is 8. The second-order valence-corrected chi connectivity index (χ2v) is 10.5. The fraction of sp³-hybridized carbons (Fsp3) is 0.600. The Balaban J connectivity index is 1.10.